The molecule has 1 aliphatic carbocycles. The normalized spacial score (nSPS) is 17.8. The van der Waals surface area contributed by atoms with Crippen molar-refractivity contribution in [2.75, 3.05) is 18.9 Å². The van der Waals surface area contributed by atoms with E-state index in [-0.39, 0.29) is 30.1 Å². The highest BCUT2D eigenvalue weighted by molar-refractivity contribution is 7.90. The van der Waals surface area contributed by atoms with Crippen LogP contribution in [0.5, 0.6) is 5.75 Å². The van der Waals surface area contributed by atoms with E-state index >= 15 is 0 Å². The van der Waals surface area contributed by atoms with Crippen molar-refractivity contribution in [3.8, 4) is 5.75 Å². The molecule has 2 aromatic carbocycles. The van der Waals surface area contributed by atoms with Gasteiger partial charge in [-0.05, 0) is 54.5 Å². The van der Waals surface area contributed by atoms with Crippen molar-refractivity contribution >= 4 is 38.8 Å². The summed E-state index contributed by atoms with van der Waals surface area (Å²) in [5, 5.41) is 0.997. The molecule has 0 spiro atoms. The van der Waals surface area contributed by atoms with Crippen molar-refractivity contribution in [1.29, 1.82) is 0 Å². The first-order valence-electron chi connectivity index (χ1n) is 11.6. The third-order valence-electron chi connectivity index (χ3n) is 6.58. The van der Waals surface area contributed by atoms with Gasteiger partial charge in [0.05, 0.1) is 44.3 Å². The number of hydrogen-bond acceptors (Lipinski definition) is 7. The lowest BCUT2D eigenvalue weighted by atomic mass is 9.85. The van der Waals surface area contributed by atoms with Gasteiger partial charge < -0.3 is 9.47 Å². The van der Waals surface area contributed by atoms with E-state index in [1.807, 2.05) is 6.07 Å². The largest absolute Gasteiger partial charge is 0.495 e. The fourth-order valence-electron chi connectivity index (χ4n) is 4.60. The van der Waals surface area contributed by atoms with Crippen LogP contribution in [0, 0.1) is 0 Å². The quantitative estimate of drug-likeness (QED) is 0.438. The molecule has 1 unspecified atom stereocenters. The summed E-state index contributed by atoms with van der Waals surface area (Å²) < 4.78 is 40.1. The maximum Gasteiger partial charge on any atom is 0.337 e. The topological polar surface area (TPSA) is 97.8 Å². The lowest BCUT2D eigenvalue weighted by molar-refractivity contribution is 0.0600. The summed E-state index contributed by atoms with van der Waals surface area (Å²) in [6, 6.07) is 15.0. The van der Waals surface area contributed by atoms with Crippen molar-refractivity contribution < 1.29 is 22.7 Å². The van der Waals surface area contributed by atoms with E-state index in [9.17, 15) is 13.2 Å². The number of esters is 1. The molecule has 1 N–H and O–H groups in total. The molecule has 36 heavy (non-hydrogen) atoms. The van der Waals surface area contributed by atoms with Crippen LogP contribution >= 0.6 is 11.3 Å². The Labute approximate surface area is 214 Å². The van der Waals surface area contributed by atoms with Gasteiger partial charge in [0.25, 0.3) is 0 Å². The molecule has 2 aliphatic rings. The van der Waals surface area contributed by atoms with Gasteiger partial charge in [-0.3, -0.25) is 4.72 Å². The number of carbonyl (C=O) groups is 1. The summed E-state index contributed by atoms with van der Waals surface area (Å²) in [6.07, 6.45) is 5.33. The van der Waals surface area contributed by atoms with Crippen LogP contribution < -0.4 is 9.46 Å². The van der Waals surface area contributed by atoms with Gasteiger partial charge in [0.15, 0.2) is 0 Å². The van der Waals surface area contributed by atoms with E-state index in [1.165, 1.54) is 47.9 Å². The first kappa shape index (κ1) is 24.5. The molecule has 8 nitrogen and oxygen atoms in total. The van der Waals surface area contributed by atoms with Crippen molar-refractivity contribution in [2.24, 2.45) is 0 Å². The molecule has 10 heteroatoms. The number of ether oxygens (including phenoxy) is 2. The highest BCUT2D eigenvalue weighted by Crippen LogP contribution is 2.40. The molecule has 188 valence electrons. The number of aromatic nitrogens is 1. The average molecular weight is 526 g/mol. The second-order valence-electron chi connectivity index (χ2n) is 8.78. The number of nitrogens with zero attached hydrogens (tertiary/aromatic N) is 2. The number of hydrogen-bond donors (Lipinski definition) is 1. The third kappa shape index (κ3) is 4.88. The zero-order valence-electron chi connectivity index (χ0n) is 20.1. The van der Waals surface area contributed by atoms with Gasteiger partial charge in [-0.15, -0.1) is 11.3 Å². The van der Waals surface area contributed by atoms with Gasteiger partial charge in [-0.25, -0.2) is 9.78 Å². The predicted octanol–water partition coefficient (Wildman–Crippen LogP) is 4.96. The first-order chi connectivity index (χ1) is 17.4. The molecule has 0 radical (unpaired) electrons. The van der Waals surface area contributed by atoms with Crippen LogP contribution in [0.15, 0.2) is 54.6 Å². The zero-order chi connectivity index (χ0) is 25.3. The highest BCUT2D eigenvalue weighted by atomic mass is 32.2. The first-order valence-corrected chi connectivity index (χ1v) is 13.9. The number of allylic oxidation sites excluding steroid dienone is 2. The lowest BCUT2D eigenvalue weighted by Gasteiger charge is -2.21. The van der Waals surface area contributed by atoms with Gasteiger partial charge in [0.1, 0.15) is 10.8 Å². The Hall–Kier alpha value is -3.21. The smallest absolute Gasteiger partial charge is 0.337 e. The van der Waals surface area contributed by atoms with E-state index in [2.05, 4.69) is 35.1 Å². The van der Waals surface area contributed by atoms with Crippen LogP contribution in [0.2, 0.25) is 0 Å². The summed E-state index contributed by atoms with van der Waals surface area (Å²) in [5.41, 5.74) is 3.95. The second kappa shape index (κ2) is 10.0. The summed E-state index contributed by atoms with van der Waals surface area (Å²) >= 11 is 1.58. The molecule has 0 saturated heterocycles. The fourth-order valence-corrected chi connectivity index (χ4v) is 7.00. The number of benzene rings is 2. The summed E-state index contributed by atoms with van der Waals surface area (Å²) in [7, 11) is -1.17. The van der Waals surface area contributed by atoms with Crippen molar-refractivity contribution in [1.82, 2.24) is 9.29 Å². The molecule has 0 amide bonds. The van der Waals surface area contributed by atoms with E-state index in [0.29, 0.717) is 5.92 Å². The maximum atomic E-state index is 13.1. The molecule has 5 rings (SSSR count). The number of methoxy groups -OCH3 is 2. The monoisotopic (exact) mass is 525 g/mol. The minimum Gasteiger partial charge on any atom is -0.495 e. The number of rotatable bonds is 7. The van der Waals surface area contributed by atoms with E-state index in [4.69, 9.17) is 14.5 Å². The van der Waals surface area contributed by atoms with Crippen LogP contribution in [-0.2, 0) is 28.0 Å². The summed E-state index contributed by atoms with van der Waals surface area (Å²) in [6.45, 7) is 0.481. The van der Waals surface area contributed by atoms with Crippen molar-refractivity contribution in [2.45, 2.75) is 38.3 Å². The average Bonchev–Trinajstić information content (AvgIpc) is 3.49. The number of carbonyl (C=O) groups excluding carboxylic acids is 1. The van der Waals surface area contributed by atoms with Gasteiger partial charge in [0, 0.05) is 4.88 Å². The molecular weight excluding hydrogens is 498 g/mol. The van der Waals surface area contributed by atoms with Crippen LogP contribution in [0.3, 0.4) is 0 Å². The Bertz CT molecular complexity index is 1390. The molecule has 3 aromatic rings. The molecule has 1 atom stereocenters. The van der Waals surface area contributed by atoms with E-state index < -0.39 is 16.2 Å². The molecule has 0 bridgehead atoms. The van der Waals surface area contributed by atoms with Gasteiger partial charge in [-0.1, -0.05) is 36.4 Å². The van der Waals surface area contributed by atoms with Gasteiger partial charge in [-0.2, -0.15) is 12.7 Å². The SMILES string of the molecule is COC(=O)c1ccc(NS(=O)(=O)N2Cc3nc(C4=CCC(c5ccccc5)CC4)sc3C2)c(OC)c1. The van der Waals surface area contributed by atoms with E-state index in [0.717, 1.165) is 34.8 Å². The third-order valence-corrected chi connectivity index (χ3v) is 9.16. The minimum absolute atomic E-state index is 0.212. The lowest BCUT2D eigenvalue weighted by Crippen LogP contribution is -2.31. The summed E-state index contributed by atoms with van der Waals surface area (Å²) in [5.74, 6) is 0.235. The molecule has 0 saturated carbocycles. The van der Waals surface area contributed by atoms with Crippen molar-refractivity contribution in [3.63, 3.8) is 0 Å². The maximum absolute atomic E-state index is 13.1. The fraction of sp³-hybridized carbons (Fsp3) is 0.308. The van der Waals surface area contributed by atoms with E-state index in [1.54, 1.807) is 11.3 Å². The number of thiazole rings is 1. The number of anilines is 1. The number of fused-ring (bicyclic) bond motifs is 1. The Balaban J connectivity index is 1.26. The standard InChI is InChI=1S/C26H27N3O5S2/c1-33-23-14-20(26(30)34-2)12-13-21(23)28-36(31,32)29-15-22-24(16-29)35-25(27-22)19-10-8-18(9-11-19)17-6-4-3-5-7-17/h3-7,10,12-14,18,28H,8-9,11,15-16H2,1-2H3. The van der Waals surface area contributed by atoms with Crippen LogP contribution in [0.1, 0.15) is 56.7 Å². The van der Waals surface area contributed by atoms with Crippen LogP contribution in [0.4, 0.5) is 5.69 Å². The molecule has 1 aliphatic heterocycles. The zero-order valence-corrected chi connectivity index (χ0v) is 21.7. The Morgan fingerprint density at radius 3 is 2.61 bits per heavy atom. The van der Waals surface area contributed by atoms with Crippen LogP contribution in [-0.4, -0.2) is 37.9 Å². The van der Waals surface area contributed by atoms with Crippen molar-refractivity contribution in [3.05, 3.63) is 81.3 Å². The number of nitrogens with one attached hydrogen (secondary N) is 1. The minimum atomic E-state index is -3.86. The second-order valence-corrected chi connectivity index (χ2v) is 11.5. The summed E-state index contributed by atoms with van der Waals surface area (Å²) in [4.78, 5) is 17.5. The Morgan fingerprint density at radius 2 is 1.94 bits per heavy atom. The Morgan fingerprint density at radius 1 is 1.14 bits per heavy atom. The van der Waals surface area contributed by atoms with Gasteiger partial charge >= 0.3 is 16.2 Å². The predicted molar refractivity (Wildman–Crippen MR) is 139 cm³/mol. The Kier molecular flexibility index (Phi) is 6.83. The van der Waals surface area contributed by atoms with Crippen LogP contribution in [0.25, 0.3) is 5.57 Å². The molecule has 2 heterocycles. The highest BCUT2D eigenvalue weighted by Gasteiger charge is 2.33. The molecule has 0 fully saturated rings. The molecule has 1 aromatic heterocycles. The molecular formula is C26H27N3O5S2. The van der Waals surface area contributed by atoms with Gasteiger partial charge in [0.2, 0.25) is 0 Å².